The van der Waals surface area contributed by atoms with Crippen molar-refractivity contribution in [3.63, 3.8) is 0 Å². The summed E-state index contributed by atoms with van der Waals surface area (Å²) in [6.45, 7) is 5.84. The van der Waals surface area contributed by atoms with Gasteiger partial charge in [-0.1, -0.05) is 60.7 Å². The van der Waals surface area contributed by atoms with Gasteiger partial charge in [-0.15, -0.1) is 0 Å². The van der Waals surface area contributed by atoms with Crippen LogP contribution in [-0.2, 0) is 0 Å². The Balaban J connectivity index is 1.64. The Labute approximate surface area is 169 Å². The van der Waals surface area contributed by atoms with E-state index in [0.717, 1.165) is 27.9 Å². The fraction of sp³-hybridized carbons (Fsp3) is 0.125. The second-order valence-corrected chi connectivity index (χ2v) is 7.01. The molecule has 0 atom stereocenters. The maximum absolute atomic E-state index is 12.9. The number of nitrogens with one attached hydrogen (secondary N) is 2. The van der Waals surface area contributed by atoms with Crippen LogP contribution >= 0.6 is 0 Å². The van der Waals surface area contributed by atoms with Crippen LogP contribution < -0.4 is 5.32 Å². The molecule has 2 aromatic heterocycles. The lowest BCUT2D eigenvalue weighted by molar-refractivity contribution is 0.102. The molecule has 0 radical (unpaired) electrons. The SMILES string of the molecule is Cc1nc(NC(=O)c2nc(-c3ccccc3)[nH]c2C)cc(-c2ccccc2)c1C. The largest absolute Gasteiger partial charge is 0.341 e. The first-order valence-corrected chi connectivity index (χ1v) is 9.50. The Bertz CT molecular complexity index is 1160. The zero-order chi connectivity index (χ0) is 20.4. The zero-order valence-corrected chi connectivity index (χ0v) is 16.7. The number of pyridine rings is 1. The van der Waals surface area contributed by atoms with Crippen molar-refractivity contribution >= 4 is 11.7 Å². The van der Waals surface area contributed by atoms with Crippen LogP contribution in [0.1, 0.15) is 27.4 Å². The minimum Gasteiger partial charge on any atom is -0.341 e. The van der Waals surface area contributed by atoms with Crippen LogP contribution in [0, 0.1) is 20.8 Å². The number of aromatic nitrogens is 3. The first-order valence-electron chi connectivity index (χ1n) is 9.50. The van der Waals surface area contributed by atoms with Gasteiger partial charge in [0.2, 0.25) is 0 Å². The van der Waals surface area contributed by atoms with Crippen LogP contribution in [-0.4, -0.2) is 20.9 Å². The van der Waals surface area contributed by atoms with E-state index in [0.29, 0.717) is 23.0 Å². The van der Waals surface area contributed by atoms with Gasteiger partial charge in [0.15, 0.2) is 0 Å². The van der Waals surface area contributed by atoms with Crippen molar-refractivity contribution in [2.75, 3.05) is 5.32 Å². The van der Waals surface area contributed by atoms with Gasteiger partial charge in [-0.25, -0.2) is 9.97 Å². The van der Waals surface area contributed by atoms with Crippen LogP contribution in [0.3, 0.4) is 0 Å². The number of carbonyl (C=O) groups excluding carboxylic acids is 1. The van der Waals surface area contributed by atoms with Crippen molar-refractivity contribution in [1.82, 2.24) is 15.0 Å². The van der Waals surface area contributed by atoms with E-state index in [4.69, 9.17) is 0 Å². The van der Waals surface area contributed by atoms with Crippen LogP contribution in [0.4, 0.5) is 5.82 Å². The molecule has 0 aliphatic rings. The number of anilines is 1. The molecule has 2 N–H and O–H groups in total. The molecule has 1 amide bonds. The van der Waals surface area contributed by atoms with Crippen LogP contribution in [0.2, 0.25) is 0 Å². The topological polar surface area (TPSA) is 70.7 Å². The molecule has 2 heterocycles. The number of nitrogens with zero attached hydrogens (tertiary/aromatic N) is 2. The van der Waals surface area contributed by atoms with Crippen molar-refractivity contribution < 1.29 is 4.79 Å². The summed E-state index contributed by atoms with van der Waals surface area (Å²) in [5, 5.41) is 2.91. The lowest BCUT2D eigenvalue weighted by Crippen LogP contribution is -2.15. The summed E-state index contributed by atoms with van der Waals surface area (Å²) in [6, 6.07) is 21.7. The Hall–Kier alpha value is -3.73. The molecule has 0 fully saturated rings. The third-order valence-corrected chi connectivity index (χ3v) is 4.99. The van der Waals surface area contributed by atoms with Gasteiger partial charge < -0.3 is 10.3 Å². The van der Waals surface area contributed by atoms with Gasteiger partial charge in [0, 0.05) is 17.0 Å². The second kappa shape index (κ2) is 7.72. The molecule has 4 rings (SSSR count). The van der Waals surface area contributed by atoms with E-state index in [2.05, 4.69) is 32.4 Å². The second-order valence-electron chi connectivity index (χ2n) is 7.01. The Morgan fingerprint density at radius 2 is 1.48 bits per heavy atom. The summed E-state index contributed by atoms with van der Waals surface area (Å²) >= 11 is 0. The monoisotopic (exact) mass is 382 g/mol. The minimum atomic E-state index is -0.282. The Kier molecular flexibility index (Phi) is 4.96. The van der Waals surface area contributed by atoms with E-state index >= 15 is 0 Å². The Morgan fingerprint density at radius 3 is 2.14 bits per heavy atom. The van der Waals surface area contributed by atoms with Gasteiger partial charge in [0.1, 0.15) is 17.3 Å². The van der Waals surface area contributed by atoms with E-state index in [1.165, 1.54) is 0 Å². The molecule has 5 heteroatoms. The quantitative estimate of drug-likeness (QED) is 0.502. The van der Waals surface area contributed by atoms with Gasteiger partial charge in [0.05, 0.1) is 0 Å². The number of hydrogen-bond acceptors (Lipinski definition) is 3. The smallest absolute Gasteiger partial charge is 0.277 e. The molecule has 0 unspecified atom stereocenters. The average molecular weight is 382 g/mol. The molecule has 5 nitrogen and oxygen atoms in total. The summed E-state index contributed by atoms with van der Waals surface area (Å²) in [7, 11) is 0. The minimum absolute atomic E-state index is 0.282. The van der Waals surface area contributed by atoms with Gasteiger partial charge in [0.25, 0.3) is 5.91 Å². The molecule has 29 heavy (non-hydrogen) atoms. The van der Waals surface area contributed by atoms with E-state index in [1.807, 2.05) is 75.4 Å². The highest BCUT2D eigenvalue weighted by atomic mass is 16.2. The van der Waals surface area contributed by atoms with Crippen LogP contribution in [0.15, 0.2) is 66.7 Å². The number of aryl methyl sites for hydroxylation is 2. The summed E-state index contributed by atoms with van der Waals surface area (Å²) < 4.78 is 0. The maximum atomic E-state index is 12.9. The fourth-order valence-corrected chi connectivity index (χ4v) is 3.31. The molecular formula is C24H22N4O. The van der Waals surface area contributed by atoms with Gasteiger partial charge >= 0.3 is 0 Å². The lowest BCUT2D eigenvalue weighted by Gasteiger charge is -2.12. The van der Waals surface area contributed by atoms with Gasteiger partial charge in [-0.05, 0) is 43.5 Å². The van der Waals surface area contributed by atoms with Crippen molar-refractivity contribution in [3.8, 4) is 22.5 Å². The molecule has 0 bridgehead atoms. The first kappa shape index (κ1) is 18.6. The standard InChI is InChI=1S/C24H22N4O/c1-15-16(2)25-21(14-20(15)18-10-6-4-7-11-18)27-24(29)22-17(3)26-23(28-22)19-12-8-5-9-13-19/h4-14H,1-3H3,(H,26,28)(H,25,27,29). The highest BCUT2D eigenvalue weighted by Crippen LogP contribution is 2.27. The zero-order valence-electron chi connectivity index (χ0n) is 16.7. The number of imidazole rings is 1. The number of hydrogen-bond donors (Lipinski definition) is 2. The van der Waals surface area contributed by atoms with Crippen molar-refractivity contribution in [2.24, 2.45) is 0 Å². The number of benzene rings is 2. The summed E-state index contributed by atoms with van der Waals surface area (Å²) in [6.07, 6.45) is 0. The number of rotatable bonds is 4. The van der Waals surface area contributed by atoms with Crippen LogP contribution in [0.5, 0.6) is 0 Å². The Morgan fingerprint density at radius 1 is 0.862 bits per heavy atom. The van der Waals surface area contributed by atoms with E-state index in [9.17, 15) is 4.79 Å². The van der Waals surface area contributed by atoms with E-state index in [-0.39, 0.29) is 5.91 Å². The number of carbonyl (C=O) groups is 1. The third kappa shape index (κ3) is 3.80. The highest BCUT2D eigenvalue weighted by molar-refractivity contribution is 6.03. The predicted molar refractivity (Wildman–Crippen MR) is 116 cm³/mol. The maximum Gasteiger partial charge on any atom is 0.277 e. The van der Waals surface area contributed by atoms with E-state index in [1.54, 1.807) is 0 Å². The molecule has 4 aromatic rings. The molecule has 0 saturated heterocycles. The molecule has 0 aliphatic heterocycles. The first-order chi connectivity index (χ1) is 14.0. The molecule has 0 saturated carbocycles. The number of amides is 1. The van der Waals surface area contributed by atoms with Gasteiger partial charge in [-0.3, -0.25) is 4.79 Å². The fourth-order valence-electron chi connectivity index (χ4n) is 3.31. The van der Waals surface area contributed by atoms with Crippen molar-refractivity contribution in [3.05, 3.63) is 89.4 Å². The third-order valence-electron chi connectivity index (χ3n) is 4.99. The number of aromatic amines is 1. The molecule has 0 spiro atoms. The molecule has 2 aromatic carbocycles. The van der Waals surface area contributed by atoms with Gasteiger partial charge in [-0.2, -0.15) is 0 Å². The summed E-state index contributed by atoms with van der Waals surface area (Å²) in [5.74, 6) is 0.905. The summed E-state index contributed by atoms with van der Waals surface area (Å²) in [4.78, 5) is 25.1. The molecule has 0 aliphatic carbocycles. The molecular weight excluding hydrogens is 360 g/mol. The summed E-state index contributed by atoms with van der Waals surface area (Å²) in [5.41, 5.74) is 6.14. The number of H-pyrrole nitrogens is 1. The van der Waals surface area contributed by atoms with Crippen LogP contribution in [0.25, 0.3) is 22.5 Å². The lowest BCUT2D eigenvalue weighted by atomic mass is 10.0. The van der Waals surface area contributed by atoms with Crippen molar-refractivity contribution in [1.29, 1.82) is 0 Å². The normalized spacial score (nSPS) is 10.7. The highest BCUT2D eigenvalue weighted by Gasteiger charge is 2.17. The van der Waals surface area contributed by atoms with E-state index < -0.39 is 0 Å². The average Bonchev–Trinajstić information content (AvgIpc) is 3.13. The molecule has 144 valence electrons. The predicted octanol–water partition coefficient (Wildman–Crippen LogP) is 5.32. The van der Waals surface area contributed by atoms with Crippen molar-refractivity contribution in [2.45, 2.75) is 20.8 Å².